The second-order valence-electron chi connectivity index (χ2n) is 6.18. The molecule has 0 atom stereocenters. The molecule has 3 rings (SSSR count). The number of benzene rings is 2. The van der Waals surface area contributed by atoms with Crippen LogP contribution in [0.3, 0.4) is 0 Å². The first-order valence-electron chi connectivity index (χ1n) is 8.81. The molecule has 0 bridgehead atoms. The summed E-state index contributed by atoms with van der Waals surface area (Å²) in [6.07, 6.45) is 1.86. The van der Waals surface area contributed by atoms with Gasteiger partial charge in [0.2, 0.25) is 5.95 Å². The normalized spacial score (nSPS) is 10.5. The van der Waals surface area contributed by atoms with E-state index in [1.165, 1.54) is 11.1 Å². The van der Waals surface area contributed by atoms with Crippen LogP contribution in [0.15, 0.2) is 60.7 Å². The van der Waals surface area contributed by atoms with Crippen molar-refractivity contribution in [2.75, 3.05) is 23.7 Å². The van der Waals surface area contributed by atoms with E-state index in [4.69, 9.17) is 11.6 Å². The molecular formula is C21H23ClN4. The van der Waals surface area contributed by atoms with Crippen LogP contribution >= 0.6 is 11.6 Å². The monoisotopic (exact) mass is 366 g/mol. The van der Waals surface area contributed by atoms with Crippen molar-refractivity contribution in [3.05, 3.63) is 82.5 Å². The predicted molar refractivity (Wildman–Crippen MR) is 109 cm³/mol. The van der Waals surface area contributed by atoms with Crippen LogP contribution in [0.4, 0.5) is 11.8 Å². The van der Waals surface area contributed by atoms with Gasteiger partial charge in [0, 0.05) is 29.9 Å². The van der Waals surface area contributed by atoms with Crippen molar-refractivity contribution in [2.45, 2.75) is 19.8 Å². The molecule has 2 aromatic carbocycles. The maximum absolute atomic E-state index is 5.92. The highest BCUT2D eigenvalue weighted by molar-refractivity contribution is 6.30. The molecule has 0 amide bonds. The number of aromatic nitrogens is 2. The largest absolute Gasteiger partial charge is 0.370 e. The van der Waals surface area contributed by atoms with Gasteiger partial charge in [-0.25, -0.2) is 4.98 Å². The minimum absolute atomic E-state index is 0.662. The fourth-order valence-corrected chi connectivity index (χ4v) is 2.81. The fraction of sp³-hybridized carbons (Fsp3) is 0.238. The Balaban J connectivity index is 1.51. The maximum atomic E-state index is 5.92. The molecule has 1 aromatic heterocycles. The van der Waals surface area contributed by atoms with Crippen molar-refractivity contribution in [1.82, 2.24) is 9.97 Å². The quantitative estimate of drug-likeness (QED) is 0.604. The standard InChI is InChI=1S/C21H23ClN4/c1-16-15-20(23-13-11-18-7-9-19(22)10-8-18)26-21(25-16)24-14-12-17-5-3-2-4-6-17/h2-10,15H,11-14H2,1H3,(H2,23,24,25,26). The van der Waals surface area contributed by atoms with Crippen LogP contribution in [-0.2, 0) is 12.8 Å². The lowest BCUT2D eigenvalue weighted by molar-refractivity contribution is 0.961. The third-order valence-corrected chi connectivity index (χ3v) is 4.28. The maximum Gasteiger partial charge on any atom is 0.224 e. The van der Waals surface area contributed by atoms with Crippen molar-refractivity contribution in [1.29, 1.82) is 0 Å². The molecule has 134 valence electrons. The first-order chi connectivity index (χ1) is 12.7. The summed E-state index contributed by atoms with van der Waals surface area (Å²) in [4.78, 5) is 9.02. The summed E-state index contributed by atoms with van der Waals surface area (Å²) in [5, 5.41) is 7.45. The summed E-state index contributed by atoms with van der Waals surface area (Å²) < 4.78 is 0. The van der Waals surface area contributed by atoms with E-state index in [0.717, 1.165) is 42.5 Å². The van der Waals surface area contributed by atoms with Crippen LogP contribution in [0, 0.1) is 6.92 Å². The molecule has 0 saturated carbocycles. The Morgan fingerprint density at radius 3 is 2.19 bits per heavy atom. The summed E-state index contributed by atoms with van der Waals surface area (Å²) in [6.45, 7) is 3.59. The zero-order valence-corrected chi connectivity index (χ0v) is 15.6. The molecule has 0 aliphatic carbocycles. The number of nitrogens with one attached hydrogen (secondary N) is 2. The van der Waals surface area contributed by atoms with Crippen LogP contribution in [-0.4, -0.2) is 23.1 Å². The third-order valence-electron chi connectivity index (χ3n) is 4.03. The molecule has 2 N–H and O–H groups in total. The first-order valence-corrected chi connectivity index (χ1v) is 9.18. The number of halogens is 1. The SMILES string of the molecule is Cc1cc(NCCc2ccc(Cl)cc2)nc(NCCc2ccccc2)n1. The summed E-state index contributed by atoms with van der Waals surface area (Å²) in [7, 11) is 0. The molecule has 3 aromatic rings. The van der Waals surface area contributed by atoms with E-state index in [2.05, 4.69) is 44.9 Å². The minimum atomic E-state index is 0.662. The van der Waals surface area contributed by atoms with Crippen LogP contribution in [0.2, 0.25) is 5.02 Å². The van der Waals surface area contributed by atoms with Crippen molar-refractivity contribution >= 4 is 23.4 Å². The fourth-order valence-electron chi connectivity index (χ4n) is 2.69. The Kier molecular flexibility index (Phi) is 6.45. The number of rotatable bonds is 8. The molecule has 0 aliphatic heterocycles. The Hall–Kier alpha value is -2.59. The highest BCUT2D eigenvalue weighted by Crippen LogP contribution is 2.12. The molecule has 0 spiro atoms. The molecule has 0 saturated heterocycles. The smallest absolute Gasteiger partial charge is 0.224 e. The van der Waals surface area contributed by atoms with Gasteiger partial charge in [-0.1, -0.05) is 54.1 Å². The molecule has 5 heteroatoms. The molecule has 0 fully saturated rings. The van der Waals surface area contributed by atoms with Gasteiger partial charge in [0.05, 0.1) is 0 Å². The van der Waals surface area contributed by atoms with Gasteiger partial charge in [0.25, 0.3) is 0 Å². The Morgan fingerprint density at radius 2 is 1.46 bits per heavy atom. The van der Waals surface area contributed by atoms with Crippen LogP contribution in [0.5, 0.6) is 0 Å². The molecule has 26 heavy (non-hydrogen) atoms. The highest BCUT2D eigenvalue weighted by Gasteiger charge is 2.02. The molecule has 1 heterocycles. The number of aryl methyl sites for hydroxylation is 1. The highest BCUT2D eigenvalue weighted by atomic mass is 35.5. The number of anilines is 2. The second kappa shape index (κ2) is 9.20. The number of nitrogens with zero attached hydrogens (tertiary/aromatic N) is 2. The lowest BCUT2D eigenvalue weighted by atomic mass is 10.1. The van der Waals surface area contributed by atoms with Crippen LogP contribution in [0.25, 0.3) is 0 Å². The molecule has 4 nitrogen and oxygen atoms in total. The molecule has 0 radical (unpaired) electrons. The van der Waals surface area contributed by atoms with E-state index in [0.29, 0.717) is 5.95 Å². The third kappa shape index (κ3) is 5.74. The average molecular weight is 367 g/mol. The lowest BCUT2D eigenvalue weighted by Crippen LogP contribution is -2.11. The van der Waals surface area contributed by atoms with Gasteiger partial charge < -0.3 is 10.6 Å². The van der Waals surface area contributed by atoms with E-state index in [1.54, 1.807) is 0 Å². The summed E-state index contributed by atoms with van der Waals surface area (Å²) in [6, 6.07) is 20.3. The number of hydrogen-bond donors (Lipinski definition) is 2. The van der Waals surface area contributed by atoms with Gasteiger partial charge in [-0.15, -0.1) is 0 Å². The van der Waals surface area contributed by atoms with Gasteiger partial charge >= 0.3 is 0 Å². The Bertz CT molecular complexity index is 819. The van der Waals surface area contributed by atoms with Crippen molar-refractivity contribution in [2.24, 2.45) is 0 Å². The summed E-state index contributed by atoms with van der Waals surface area (Å²) in [5.41, 5.74) is 3.49. The average Bonchev–Trinajstić information content (AvgIpc) is 2.64. The molecule has 0 aliphatic rings. The van der Waals surface area contributed by atoms with Gasteiger partial charge in [-0.05, 0) is 43.0 Å². The zero-order chi connectivity index (χ0) is 18.2. The lowest BCUT2D eigenvalue weighted by Gasteiger charge is -2.10. The van der Waals surface area contributed by atoms with E-state index >= 15 is 0 Å². The van der Waals surface area contributed by atoms with Gasteiger partial charge in [0.1, 0.15) is 5.82 Å². The van der Waals surface area contributed by atoms with Gasteiger partial charge in [-0.2, -0.15) is 4.98 Å². The van der Waals surface area contributed by atoms with Crippen molar-refractivity contribution in [3.8, 4) is 0 Å². The van der Waals surface area contributed by atoms with E-state index < -0.39 is 0 Å². The van der Waals surface area contributed by atoms with Crippen molar-refractivity contribution in [3.63, 3.8) is 0 Å². The van der Waals surface area contributed by atoms with Crippen LogP contribution in [0.1, 0.15) is 16.8 Å². The molecule has 0 unspecified atom stereocenters. The topological polar surface area (TPSA) is 49.8 Å². The van der Waals surface area contributed by atoms with Crippen LogP contribution < -0.4 is 10.6 Å². The second-order valence-corrected chi connectivity index (χ2v) is 6.62. The Labute approximate surface area is 159 Å². The summed E-state index contributed by atoms with van der Waals surface area (Å²) in [5.74, 6) is 1.50. The molecular weight excluding hydrogens is 344 g/mol. The van der Waals surface area contributed by atoms with Gasteiger partial charge in [-0.3, -0.25) is 0 Å². The first kappa shape index (κ1) is 18.2. The predicted octanol–water partition coefficient (Wildman–Crippen LogP) is 4.75. The minimum Gasteiger partial charge on any atom is -0.370 e. The Morgan fingerprint density at radius 1 is 0.808 bits per heavy atom. The zero-order valence-electron chi connectivity index (χ0n) is 14.9. The summed E-state index contributed by atoms with van der Waals surface area (Å²) >= 11 is 5.92. The number of hydrogen-bond acceptors (Lipinski definition) is 4. The van der Waals surface area contributed by atoms with E-state index in [1.807, 2.05) is 43.3 Å². The van der Waals surface area contributed by atoms with Gasteiger partial charge in [0.15, 0.2) is 0 Å². The van der Waals surface area contributed by atoms with Crippen molar-refractivity contribution < 1.29 is 0 Å². The van der Waals surface area contributed by atoms with E-state index in [9.17, 15) is 0 Å². The van der Waals surface area contributed by atoms with E-state index in [-0.39, 0.29) is 0 Å².